The standard InChI is InChI=1S/C12H15N5S/c1-9(13)6-11-14-2-3-16(11)7-10-8-17-4-5-18-12(17)15-10/h2-5,8-9H,6-7,13H2,1H3. The minimum atomic E-state index is 0.122. The number of hydrogen-bond donors (Lipinski definition) is 1. The first-order valence-corrected chi connectivity index (χ1v) is 6.77. The first kappa shape index (κ1) is 11.4. The summed E-state index contributed by atoms with van der Waals surface area (Å²) in [5.74, 6) is 1.02. The average Bonchev–Trinajstić information content (AvgIpc) is 2.94. The van der Waals surface area contributed by atoms with Gasteiger partial charge in [0.15, 0.2) is 4.96 Å². The lowest BCUT2D eigenvalue weighted by atomic mass is 10.2. The number of hydrogen-bond acceptors (Lipinski definition) is 4. The Kier molecular flexibility index (Phi) is 2.89. The molecule has 3 aromatic heterocycles. The van der Waals surface area contributed by atoms with Gasteiger partial charge in [-0.15, -0.1) is 11.3 Å². The molecule has 0 spiro atoms. The molecule has 1 unspecified atom stereocenters. The van der Waals surface area contributed by atoms with Crippen LogP contribution in [0, 0.1) is 0 Å². The van der Waals surface area contributed by atoms with E-state index in [1.807, 2.05) is 35.3 Å². The van der Waals surface area contributed by atoms with Crippen LogP contribution in [0.3, 0.4) is 0 Å². The Bertz CT molecular complexity index is 620. The zero-order chi connectivity index (χ0) is 12.5. The van der Waals surface area contributed by atoms with Crippen molar-refractivity contribution in [1.82, 2.24) is 18.9 Å². The van der Waals surface area contributed by atoms with Gasteiger partial charge in [-0.2, -0.15) is 0 Å². The summed E-state index contributed by atoms with van der Waals surface area (Å²) in [5, 5.41) is 2.03. The molecule has 3 aromatic rings. The van der Waals surface area contributed by atoms with Gasteiger partial charge in [-0.05, 0) is 6.92 Å². The molecule has 0 fully saturated rings. The van der Waals surface area contributed by atoms with Gasteiger partial charge in [0.1, 0.15) is 5.82 Å². The van der Waals surface area contributed by atoms with Crippen molar-refractivity contribution in [1.29, 1.82) is 0 Å². The van der Waals surface area contributed by atoms with Gasteiger partial charge >= 0.3 is 0 Å². The fourth-order valence-electron chi connectivity index (χ4n) is 1.99. The van der Waals surface area contributed by atoms with Crippen LogP contribution in [0.15, 0.2) is 30.2 Å². The highest BCUT2D eigenvalue weighted by molar-refractivity contribution is 7.15. The Morgan fingerprint density at radius 1 is 1.44 bits per heavy atom. The van der Waals surface area contributed by atoms with E-state index in [2.05, 4.69) is 20.7 Å². The van der Waals surface area contributed by atoms with Crippen LogP contribution in [0.1, 0.15) is 18.4 Å². The van der Waals surface area contributed by atoms with E-state index < -0.39 is 0 Å². The van der Waals surface area contributed by atoms with E-state index in [1.165, 1.54) is 0 Å². The molecule has 3 heterocycles. The topological polar surface area (TPSA) is 61.1 Å². The van der Waals surface area contributed by atoms with E-state index in [1.54, 1.807) is 11.3 Å². The molecule has 0 saturated carbocycles. The van der Waals surface area contributed by atoms with E-state index >= 15 is 0 Å². The minimum absolute atomic E-state index is 0.122. The van der Waals surface area contributed by atoms with Gasteiger partial charge < -0.3 is 10.3 Å². The van der Waals surface area contributed by atoms with Gasteiger partial charge in [0.2, 0.25) is 0 Å². The Labute approximate surface area is 109 Å². The van der Waals surface area contributed by atoms with Crippen molar-refractivity contribution in [2.75, 3.05) is 0 Å². The summed E-state index contributed by atoms with van der Waals surface area (Å²) >= 11 is 1.64. The number of thiazole rings is 1. The Morgan fingerprint density at radius 2 is 2.33 bits per heavy atom. The van der Waals surface area contributed by atoms with Crippen LogP contribution in [0.25, 0.3) is 4.96 Å². The number of rotatable bonds is 4. The molecule has 0 aliphatic heterocycles. The average molecular weight is 261 g/mol. The van der Waals surface area contributed by atoms with E-state index in [-0.39, 0.29) is 6.04 Å². The lowest BCUT2D eigenvalue weighted by Crippen LogP contribution is -2.20. The second-order valence-electron chi connectivity index (χ2n) is 4.48. The third-order valence-corrected chi connectivity index (χ3v) is 3.55. The monoisotopic (exact) mass is 261 g/mol. The maximum absolute atomic E-state index is 5.82. The van der Waals surface area contributed by atoms with E-state index in [0.717, 1.165) is 29.4 Å². The van der Waals surface area contributed by atoms with Crippen LogP contribution in [0.2, 0.25) is 0 Å². The van der Waals surface area contributed by atoms with E-state index in [0.29, 0.717) is 0 Å². The molecule has 2 N–H and O–H groups in total. The predicted molar refractivity (Wildman–Crippen MR) is 71.8 cm³/mol. The number of imidazole rings is 2. The molecule has 1 atom stereocenters. The lowest BCUT2D eigenvalue weighted by molar-refractivity contribution is 0.644. The summed E-state index contributed by atoms with van der Waals surface area (Å²) in [6.45, 7) is 2.74. The first-order chi connectivity index (χ1) is 8.72. The largest absolute Gasteiger partial charge is 0.329 e. The van der Waals surface area contributed by atoms with Crippen molar-refractivity contribution in [2.45, 2.75) is 25.9 Å². The summed E-state index contributed by atoms with van der Waals surface area (Å²) in [6.07, 6.45) is 8.66. The zero-order valence-corrected chi connectivity index (χ0v) is 11.0. The zero-order valence-electron chi connectivity index (χ0n) is 10.2. The molecule has 3 rings (SSSR count). The van der Waals surface area contributed by atoms with Crippen molar-refractivity contribution in [3.8, 4) is 0 Å². The van der Waals surface area contributed by atoms with Crippen LogP contribution in [0.5, 0.6) is 0 Å². The summed E-state index contributed by atoms with van der Waals surface area (Å²) in [4.78, 5) is 9.94. The number of nitrogens with two attached hydrogens (primary N) is 1. The fourth-order valence-corrected chi connectivity index (χ4v) is 2.71. The smallest absolute Gasteiger partial charge is 0.193 e. The van der Waals surface area contributed by atoms with Gasteiger partial charge in [0.05, 0.1) is 12.2 Å². The van der Waals surface area contributed by atoms with Gasteiger partial charge in [-0.1, -0.05) is 0 Å². The molecule has 0 amide bonds. The highest BCUT2D eigenvalue weighted by Crippen LogP contribution is 2.13. The molecular weight excluding hydrogens is 246 g/mol. The summed E-state index contributed by atoms with van der Waals surface area (Å²) in [5.41, 5.74) is 6.87. The quantitative estimate of drug-likeness (QED) is 0.774. The molecule has 6 heteroatoms. The van der Waals surface area contributed by atoms with Gasteiger partial charge in [-0.25, -0.2) is 9.97 Å². The van der Waals surface area contributed by atoms with Crippen LogP contribution >= 0.6 is 11.3 Å². The molecule has 0 aliphatic rings. The predicted octanol–water partition coefficient (Wildman–Crippen LogP) is 1.53. The third-order valence-electron chi connectivity index (χ3n) is 2.78. The first-order valence-electron chi connectivity index (χ1n) is 5.89. The van der Waals surface area contributed by atoms with Gasteiger partial charge in [-0.3, -0.25) is 4.40 Å². The van der Waals surface area contributed by atoms with E-state index in [4.69, 9.17) is 5.73 Å². The van der Waals surface area contributed by atoms with Crippen LogP contribution < -0.4 is 5.73 Å². The van der Waals surface area contributed by atoms with Crippen molar-refractivity contribution < 1.29 is 0 Å². The van der Waals surface area contributed by atoms with E-state index in [9.17, 15) is 0 Å². The summed E-state index contributed by atoms with van der Waals surface area (Å²) in [7, 11) is 0. The van der Waals surface area contributed by atoms with Crippen LogP contribution in [-0.4, -0.2) is 25.0 Å². The normalized spacial score (nSPS) is 13.2. The SMILES string of the molecule is CC(N)Cc1nccn1Cc1cn2ccsc2n1. The maximum Gasteiger partial charge on any atom is 0.193 e. The molecular formula is C12H15N5S. The molecule has 5 nitrogen and oxygen atoms in total. The maximum atomic E-state index is 5.82. The van der Waals surface area contributed by atoms with Gasteiger partial charge in [0, 0.05) is 42.6 Å². The molecule has 18 heavy (non-hydrogen) atoms. The fraction of sp³-hybridized carbons (Fsp3) is 0.333. The molecule has 0 aliphatic carbocycles. The minimum Gasteiger partial charge on any atom is -0.329 e. The summed E-state index contributed by atoms with van der Waals surface area (Å²) in [6, 6.07) is 0.122. The molecule has 0 radical (unpaired) electrons. The Hall–Kier alpha value is -1.66. The molecule has 0 aromatic carbocycles. The summed E-state index contributed by atoms with van der Waals surface area (Å²) < 4.78 is 4.15. The molecule has 0 bridgehead atoms. The van der Waals surface area contributed by atoms with Crippen molar-refractivity contribution >= 4 is 16.3 Å². The second kappa shape index (κ2) is 4.55. The Morgan fingerprint density at radius 3 is 3.11 bits per heavy atom. The van der Waals surface area contributed by atoms with Crippen molar-refractivity contribution in [2.24, 2.45) is 5.73 Å². The third kappa shape index (κ3) is 2.16. The lowest BCUT2D eigenvalue weighted by Gasteiger charge is -2.07. The number of aromatic nitrogens is 4. The van der Waals surface area contributed by atoms with Crippen molar-refractivity contribution in [3.05, 3.63) is 41.7 Å². The van der Waals surface area contributed by atoms with Crippen LogP contribution in [0.4, 0.5) is 0 Å². The Balaban J connectivity index is 1.83. The molecule has 94 valence electrons. The number of nitrogens with zero attached hydrogens (tertiary/aromatic N) is 4. The molecule has 0 saturated heterocycles. The second-order valence-corrected chi connectivity index (χ2v) is 5.35. The highest BCUT2D eigenvalue weighted by Gasteiger charge is 2.08. The highest BCUT2D eigenvalue weighted by atomic mass is 32.1. The van der Waals surface area contributed by atoms with Gasteiger partial charge in [0.25, 0.3) is 0 Å². The van der Waals surface area contributed by atoms with Crippen LogP contribution in [-0.2, 0) is 13.0 Å². The number of fused-ring (bicyclic) bond motifs is 1. The van der Waals surface area contributed by atoms with Crippen molar-refractivity contribution in [3.63, 3.8) is 0 Å².